The van der Waals surface area contributed by atoms with E-state index < -0.39 is 5.97 Å². The second kappa shape index (κ2) is 6.67. The van der Waals surface area contributed by atoms with Gasteiger partial charge in [0.1, 0.15) is 0 Å². The molecular weight excluding hydrogens is 237 g/mol. The van der Waals surface area contributed by atoms with Gasteiger partial charge in [-0.15, -0.1) is 12.4 Å². The van der Waals surface area contributed by atoms with Crippen molar-refractivity contribution in [2.75, 3.05) is 0 Å². The topological polar surface area (TPSA) is 63.3 Å². The van der Waals surface area contributed by atoms with Gasteiger partial charge in [0.15, 0.2) is 0 Å². The van der Waals surface area contributed by atoms with Crippen LogP contribution in [-0.4, -0.2) is 17.1 Å². The average molecular weight is 250 g/mol. The predicted octanol–water partition coefficient (Wildman–Crippen LogP) is 2.11. The molecule has 0 aliphatic rings. The first kappa shape index (κ1) is 14.2. The molecule has 1 aromatic rings. The van der Waals surface area contributed by atoms with Crippen LogP contribution in [0.3, 0.4) is 0 Å². The van der Waals surface area contributed by atoms with E-state index in [4.69, 9.17) is 22.4 Å². The highest BCUT2D eigenvalue weighted by molar-refractivity contribution is 6.31. The van der Waals surface area contributed by atoms with Gasteiger partial charge in [0.05, 0.1) is 6.42 Å². The van der Waals surface area contributed by atoms with E-state index in [9.17, 15) is 4.79 Å². The maximum absolute atomic E-state index is 10.4. The Morgan fingerprint density at radius 1 is 1.47 bits per heavy atom. The summed E-state index contributed by atoms with van der Waals surface area (Å²) in [5.74, 6) is -0.885. The van der Waals surface area contributed by atoms with Gasteiger partial charge in [0.25, 0.3) is 0 Å². The molecule has 5 heteroatoms. The summed E-state index contributed by atoms with van der Waals surface area (Å²) in [5.41, 5.74) is 6.53. The van der Waals surface area contributed by atoms with Gasteiger partial charge >= 0.3 is 5.97 Å². The third-order valence-corrected chi connectivity index (χ3v) is 2.25. The Bertz CT molecular complexity index is 331. The van der Waals surface area contributed by atoms with E-state index in [1.54, 1.807) is 6.07 Å². The number of rotatable bonds is 4. The van der Waals surface area contributed by atoms with E-state index in [1.165, 1.54) is 0 Å². The fourth-order valence-corrected chi connectivity index (χ4v) is 1.46. The first-order valence-electron chi connectivity index (χ1n) is 4.30. The third-order valence-electron chi connectivity index (χ3n) is 1.88. The highest BCUT2D eigenvalue weighted by atomic mass is 35.5. The van der Waals surface area contributed by atoms with Crippen LogP contribution in [0.25, 0.3) is 0 Å². The number of carboxylic acids is 1. The molecule has 0 fully saturated rings. The molecule has 0 unspecified atom stereocenters. The predicted molar refractivity (Wildman–Crippen MR) is 62.6 cm³/mol. The fourth-order valence-electron chi connectivity index (χ4n) is 1.24. The molecule has 0 amide bonds. The molecular formula is C10H13Cl2NO2. The van der Waals surface area contributed by atoms with Crippen LogP contribution in [-0.2, 0) is 11.2 Å². The molecule has 84 valence electrons. The molecule has 0 saturated carbocycles. The van der Waals surface area contributed by atoms with E-state index in [-0.39, 0.29) is 24.9 Å². The number of aliphatic carboxylic acids is 1. The molecule has 0 spiro atoms. The lowest BCUT2D eigenvalue weighted by molar-refractivity contribution is -0.137. The van der Waals surface area contributed by atoms with Gasteiger partial charge in [-0.25, -0.2) is 0 Å². The average Bonchev–Trinajstić information content (AvgIpc) is 2.07. The van der Waals surface area contributed by atoms with E-state index in [2.05, 4.69) is 0 Å². The molecule has 0 aliphatic heterocycles. The van der Waals surface area contributed by atoms with Crippen molar-refractivity contribution >= 4 is 30.0 Å². The summed E-state index contributed by atoms with van der Waals surface area (Å²) in [4.78, 5) is 10.4. The SMILES string of the molecule is Cl.N[C@@H](CC(=O)O)Cc1ccccc1Cl. The number of hydrogen-bond donors (Lipinski definition) is 2. The number of carbonyl (C=O) groups is 1. The summed E-state index contributed by atoms with van der Waals surface area (Å²) in [6.45, 7) is 0. The second-order valence-electron chi connectivity index (χ2n) is 3.15. The molecule has 0 bridgehead atoms. The van der Waals surface area contributed by atoms with Gasteiger partial charge < -0.3 is 10.8 Å². The number of carboxylic acid groups (broad SMARTS) is 1. The zero-order chi connectivity index (χ0) is 10.6. The van der Waals surface area contributed by atoms with Crippen molar-refractivity contribution in [1.82, 2.24) is 0 Å². The summed E-state index contributed by atoms with van der Waals surface area (Å²) in [5, 5.41) is 9.15. The van der Waals surface area contributed by atoms with Crippen molar-refractivity contribution in [2.24, 2.45) is 5.73 Å². The minimum absolute atomic E-state index is 0. The Labute approximate surface area is 99.6 Å². The lowest BCUT2D eigenvalue weighted by Crippen LogP contribution is -2.26. The summed E-state index contributed by atoms with van der Waals surface area (Å²) in [6, 6.07) is 6.92. The normalized spacial score (nSPS) is 11.6. The maximum atomic E-state index is 10.4. The fraction of sp³-hybridized carbons (Fsp3) is 0.300. The van der Waals surface area contributed by atoms with Crippen molar-refractivity contribution in [3.05, 3.63) is 34.9 Å². The second-order valence-corrected chi connectivity index (χ2v) is 3.56. The van der Waals surface area contributed by atoms with Crippen LogP contribution in [0.15, 0.2) is 24.3 Å². The van der Waals surface area contributed by atoms with E-state index in [0.29, 0.717) is 11.4 Å². The largest absolute Gasteiger partial charge is 0.481 e. The van der Waals surface area contributed by atoms with Crippen LogP contribution < -0.4 is 5.73 Å². The van der Waals surface area contributed by atoms with Gasteiger partial charge in [0, 0.05) is 11.1 Å². The highest BCUT2D eigenvalue weighted by Crippen LogP contribution is 2.16. The molecule has 1 rings (SSSR count). The smallest absolute Gasteiger partial charge is 0.304 e. The molecule has 0 aromatic heterocycles. The van der Waals surface area contributed by atoms with Crippen molar-refractivity contribution in [2.45, 2.75) is 18.9 Å². The standard InChI is InChI=1S/C10H12ClNO2.ClH/c11-9-4-2-1-3-7(9)5-8(12)6-10(13)14;/h1-4,8H,5-6,12H2,(H,13,14);1H/t8-;/m1./s1. The van der Waals surface area contributed by atoms with Crippen molar-refractivity contribution in [1.29, 1.82) is 0 Å². The molecule has 0 saturated heterocycles. The van der Waals surface area contributed by atoms with Crippen LogP contribution in [0.1, 0.15) is 12.0 Å². The Morgan fingerprint density at radius 2 is 2.07 bits per heavy atom. The first-order valence-corrected chi connectivity index (χ1v) is 4.68. The monoisotopic (exact) mass is 249 g/mol. The van der Waals surface area contributed by atoms with Crippen LogP contribution in [0.2, 0.25) is 5.02 Å². The zero-order valence-electron chi connectivity index (χ0n) is 8.02. The van der Waals surface area contributed by atoms with Crippen LogP contribution in [0.4, 0.5) is 0 Å². The van der Waals surface area contributed by atoms with Gasteiger partial charge in [-0.1, -0.05) is 29.8 Å². The van der Waals surface area contributed by atoms with Gasteiger partial charge in [-0.05, 0) is 18.1 Å². The van der Waals surface area contributed by atoms with Crippen LogP contribution in [0, 0.1) is 0 Å². The van der Waals surface area contributed by atoms with Gasteiger partial charge in [0.2, 0.25) is 0 Å². The zero-order valence-corrected chi connectivity index (χ0v) is 9.59. The minimum atomic E-state index is -0.885. The van der Waals surface area contributed by atoms with Crippen molar-refractivity contribution in [3.63, 3.8) is 0 Å². The lowest BCUT2D eigenvalue weighted by atomic mass is 10.0. The molecule has 1 atom stereocenters. The molecule has 1 aromatic carbocycles. The number of benzene rings is 1. The molecule has 0 heterocycles. The van der Waals surface area contributed by atoms with Crippen molar-refractivity contribution < 1.29 is 9.90 Å². The first-order chi connectivity index (χ1) is 6.59. The number of hydrogen-bond acceptors (Lipinski definition) is 2. The molecule has 0 aliphatic carbocycles. The Hall–Kier alpha value is -0.770. The molecule has 3 nitrogen and oxygen atoms in total. The molecule has 3 N–H and O–H groups in total. The Morgan fingerprint density at radius 3 is 2.60 bits per heavy atom. The summed E-state index contributed by atoms with van der Waals surface area (Å²) >= 11 is 5.90. The summed E-state index contributed by atoms with van der Waals surface area (Å²) < 4.78 is 0. The Balaban J connectivity index is 0.00000196. The molecule has 15 heavy (non-hydrogen) atoms. The van der Waals surface area contributed by atoms with Gasteiger partial charge in [-0.3, -0.25) is 4.79 Å². The quantitative estimate of drug-likeness (QED) is 0.860. The van der Waals surface area contributed by atoms with Crippen LogP contribution in [0.5, 0.6) is 0 Å². The van der Waals surface area contributed by atoms with E-state index in [0.717, 1.165) is 5.56 Å². The van der Waals surface area contributed by atoms with E-state index in [1.807, 2.05) is 18.2 Å². The van der Waals surface area contributed by atoms with E-state index >= 15 is 0 Å². The lowest BCUT2D eigenvalue weighted by Gasteiger charge is -2.09. The third kappa shape index (κ3) is 5.02. The molecule has 0 radical (unpaired) electrons. The number of nitrogens with two attached hydrogens (primary N) is 1. The highest BCUT2D eigenvalue weighted by Gasteiger charge is 2.10. The minimum Gasteiger partial charge on any atom is -0.481 e. The maximum Gasteiger partial charge on any atom is 0.304 e. The number of halogens is 2. The van der Waals surface area contributed by atoms with Crippen LogP contribution >= 0.6 is 24.0 Å². The Kier molecular flexibility index (Phi) is 6.32. The van der Waals surface area contributed by atoms with Gasteiger partial charge in [-0.2, -0.15) is 0 Å². The summed E-state index contributed by atoms with van der Waals surface area (Å²) in [6.07, 6.45) is 0.456. The van der Waals surface area contributed by atoms with Crippen molar-refractivity contribution in [3.8, 4) is 0 Å². The summed E-state index contributed by atoms with van der Waals surface area (Å²) in [7, 11) is 0.